The molecule has 4 aromatic rings. The predicted octanol–water partition coefficient (Wildman–Crippen LogP) is 5.22. The van der Waals surface area contributed by atoms with Crippen molar-refractivity contribution in [2.75, 3.05) is 5.32 Å². The van der Waals surface area contributed by atoms with Gasteiger partial charge in [0.25, 0.3) is 11.8 Å². The lowest BCUT2D eigenvalue weighted by Crippen LogP contribution is -2.25. The third-order valence-electron chi connectivity index (χ3n) is 5.30. The Morgan fingerprint density at radius 2 is 1.91 bits per heavy atom. The van der Waals surface area contributed by atoms with Crippen LogP contribution in [0.2, 0.25) is 5.02 Å². The normalized spacial score (nSPS) is 10.7. The van der Waals surface area contributed by atoms with Gasteiger partial charge in [0.05, 0.1) is 18.5 Å². The summed E-state index contributed by atoms with van der Waals surface area (Å²) in [7, 11) is 0. The van der Waals surface area contributed by atoms with Gasteiger partial charge in [0.15, 0.2) is 5.69 Å². The van der Waals surface area contributed by atoms with Crippen LogP contribution in [0.1, 0.15) is 44.7 Å². The predicted molar refractivity (Wildman–Crippen MR) is 133 cm³/mol. The summed E-state index contributed by atoms with van der Waals surface area (Å²) in [6, 6.07) is 16.1. The van der Waals surface area contributed by atoms with Gasteiger partial charge in [-0.2, -0.15) is 5.10 Å². The van der Waals surface area contributed by atoms with E-state index in [1.54, 1.807) is 41.2 Å². The van der Waals surface area contributed by atoms with Crippen molar-refractivity contribution < 1.29 is 18.7 Å². The summed E-state index contributed by atoms with van der Waals surface area (Å²) < 4.78 is 12.6. The largest absolute Gasteiger partial charge is 0.489 e. The highest BCUT2D eigenvalue weighted by Crippen LogP contribution is 2.22. The number of aryl methyl sites for hydroxylation is 2. The summed E-state index contributed by atoms with van der Waals surface area (Å²) in [4.78, 5) is 25.5. The Labute approximate surface area is 207 Å². The SMILES string of the molecule is CCn1cc(NC(=O)c2ccc(COc3ccc(Cl)c(C)c3)cc2)c(C(=O)NCc2ccco2)n1. The number of furan rings is 1. The molecule has 0 aliphatic carbocycles. The standard InChI is InChI=1S/C26H25ClN4O4/c1-3-31-15-23(24(30-31)26(33)28-14-21-5-4-12-34-21)29-25(32)19-8-6-18(7-9-19)16-35-20-10-11-22(27)17(2)13-20/h4-13,15H,3,14,16H2,1-2H3,(H,28,33)(H,29,32). The Morgan fingerprint density at radius 1 is 1.11 bits per heavy atom. The summed E-state index contributed by atoms with van der Waals surface area (Å²) >= 11 is 6.05. The van der Waals surface area contributed by atoms with Crippen LogP contribution in [0.4, 0.5) is 5.69 Å². The van der Waals surface area contributed by atoms with E-state index < -0.39 is 5.91 Å². The van der Waals surface area contributed by atoms with Crippen molar-refractivity contribution in [3.63, 3.8) is 0 Å². The van der Waals surface area contributed by atoms with Crippen molar-refractivity contribution in [1.82, 2.24) is 15.1 Å². The molecule has 0 atom stereocenters. The van der Waals surface area contributed by atoms with Crippen LogP contribution in [0, 0.1) is 6.92 Å². The van der Waals surface area contributed by atoms with Gasteiger partial charge in [-0.1, -0.05) is 23.7 Å². The van der Waals surface area contributed by atoms with Crippen LogP contribution in [0.3, 0.4) is 0 Å². The number of nitrogens with zero attached hydrogens (tertiary/aromatic N) is 2. The summed E-state index contributed by atoms with van der Waals surface area (Å²) in [6.07, 6.45) is 3.17. The molecule has 0 aliphatic rings. The second kappa shape index (κ2) is 10.9. The minimum atomic E-state index is -0.408. The topological polar surface area (TPSA) is 98.4 Å². The molecule has 4 rings (SSSR count). The van der Waals surface area contributed by atoms with Gasteiger partial charge in [-0.15, -0.1) is 0 Å². The Morgan fingerprint density at radius 3 is 2.60 bits per heavy atom. The first-order valence-corrected chi connectivity index (χ1v) is 11.5. The van der Waals surface area contributed by atoms with Crippen LogP contribution in [0.15, 0.2) is 71.5 Å². The third-order valence-corrected chi connectivity index (χ3v) is 5.73. The van der Waals surface area contributed by atoms with Crippen LogP contribution < -0.4 is 15.4 Å². The van der Waals surface area contributed by atoms with Gasteiger partial charge >= 0.3 is 0 Å². The number of carbonyl (C=O) groups excluding carboxylic acids is 2. The minimum absolute atomic E-state index is 0.134. The molecule has 8 nitrogen and oxygen atoms in total. The van der Waals surface area contributed by atoms with E-state index in [0.717, 1.165) is 16.9 Å². The molecular formula is C26H25ClN4O4. The number of hydrogen-bond donors (Lipinski definition) is 2. The van der Waals surface area contributed by atoms with Crippen molar-refractivity contribution in [3.8, 4) is 5.75 Å². The molecule has 0 radical (unpaired) electrons. The van der Waals surface area contributed by atoms with Gasteiger partial charge in [-0.25, -0.2) is 0 Å². The second-order valence-electron chi connectivity index (χ2n) is 7.86. The number of ether oxygens (including phenoxy) is 1. The van der Waals surface area contributed by atoms with Gasteiger partial charge in [0.2, 0.25) is 0 Å². The quantitative estimate of drug-likeness (QED) is 0.334. The molecule has 2 amide bonds. The molecular weight excluding hydrogens is 468 g/mol. The van der Waals surface area contributed by atoms with Crippen LogP contribution in [0.5, 0.6) is 5.75 Å². The molecule has 0 saturated heterocycles. The van der Waals surface area contributed by atoms with Crippen LogP contribution >= 0.6 is 11.6 Å². The molecule has 180 valence electrons. The molecule has 0 bridgehead atoms. The number of hydrogen-bond acceptors (Lipinski definition) is 5. The van der Waals surface area contributed by atoms with Crippen molar-refractivity contribution in [2.24, 2.45) is 0 Å². The van der Waals surface area contributed by atoms with E-state index >= 15 is 0 Å². The number of amides is 2. The minimum Gasteiger partial charge on any atom is -0.489 e. The molecule has 35 heavy (non-hydrogen) atoms. The number of aromatic nitrogens is 2. The highest BCUT2D eigenvalue weighted by molar-refractivity contribution is 6.31. The van der Waals surface area contributed by atoms with Gasteiger partial charge in [0.1, 0.15) is 18.1 Å². The first-order valence-electron chi connectivity index (χ1n) is 11.1. The summed E-state index contributed by atoms with van der Waals surface area (Å²) in [5.41, 5.74) is 2.76. The van der Waals surface area contributed by atoms with E-state index in [4.69, 9.17) is 20.8 Å². The maximum Gasteiger partial charge on any atom is 0.274 e. The smallest absolute Gasteiger partial charge is 0.274 e. The Hall–Kier alpha value is -4.04. The maximum absolute atomic E-state index is 12.9. The van der Waals surface area contributed by atoms with Crippen molar-refractivity contribution in [3.05, 3.63) is 100 Å². The first kappa shape index (κ1) is 24.1. The molecule has 9 heteroatoms. The zero-order valence-corrected chi connectivity index (χ0v) is 20.1. The van der Waals surface area contributed by atoms with E-state index in [1.165, 1.54) is 6.26 Å². The molecule has 0 fully saturated rings. The lowest BCUT2D eigenvalue weighted by atomic mass is 10.1. The molecule has 2 N–H and O–H groups in total. The molecule has 0 saturated carbocycles. The fraction of sp³-hybridized carbons (Fsp3) is 0.192. The Bertz CT molecular complexity index is 1310. The number of halogens is 1. The Kier molecular flexibility index (Phi) is 7.52. The lowest BCUT2D eigenvalue weighted by Gasteiger charge is -2.09. The fourth-order valence-electron chi connectivity index (χ4n) is 3.33. The van der Waals surface area contributed by atoms with Gasteiger partial charge in [0, 0.05) is 23.3 Å². The molecule has 2 aromatic heterocycles. The number of nitrogens with one attached hydrogen (secondary N) is 2. The van der Waals surface area contributed by atoms with E-state index in [-0.39, 0.29) is 18.1 Å². The van der Waals surface area contributed by atoms with Crippen molar-refractivity contribution in [2.45, 2.75) is 33.5 Å². The summed E-state index contributed by atoms with van der Waals surface area (Å²) in [5, 5.41) is 10.5. The van der Waals surface area contributed by atoms with Gasteiger partial charge in [-0.05, 0) is 67.4 Å². The summed E-state index contributed by atoms with van der Waals surface area (Å²) in [6.45, 7) is 4.94. The fourth-order valence-corrected chi connectivity index (χ4v) is 3.44. The summed E-state index contributed by atoms with van der Waals surface area (Å²) in [5.74, 6) is 0.587. The molecule has 0 aliphatic heterocycles. The van der Waals surface area contributed by atoms with Crippen LogP contribution in [0.25, 0.3) is 0 Å². The van der Waals surface area contributed by atoms with E-state index in [1.807, 2.05) is 38.1 Å². The van der Waals surface area contributed by atoms with Crippen molar-refractivity contribution >= 4 is 29.1 Å². The second-order valence-corrected chi connectivity index (χ2v) is 8.27. The highest BCUT2D eigenvalue weighted by atomic mass is 35.5. The molecule has 2 aromatic carbocycles. The zero-order chi connectivity index (χ0) is 24.8. The third kappa shape index (κ3) is 6.10. The first-order chi connectivity index (χ1) is 16.9. The highest BCUT2D eigenvalue weighted by Gasteiger charge is 2.19. The number of benzene rings is 2. The van der Waals surface area contributed by atoms with Crippen LogP contribution in [-0.4, -0.2) is 21.6 Å². The monoisotopic (exact) mass is 492 g/mol. The molecule has 0 spiro atoms. The zero-order valence-electron chi connectivity index (χ0n) is 19.4. The molecule has 2 heterocycles. The average molecular weight is 493 g/mol. The Balaban J connectivity index is 1.39. The van der Waals surface area contributed by atoms with E-state index in [9.17, 15) is 9.59 Å². The lowest BCUT2D eigenvalue weighted by molar-refractivity contribution is 0.0943. The number of rotatable bonds is 9. The van der Waals surface area contributed by atoms with Crippen LogP contribution in [-0.2, 0) is 19.7 Å². The van der Waals surface area contributed by atoms with Gasteiger partial charge < -0.3 is 19.8 Å². The number of anilines is 1. The number of carbonyl (C=O) groups is 2. The molecule has 0 unspecified atom stereocenters. The van der Waals surface area contributed by atoms with E-state index in [2.05, 4.69) is 15.7 Å². The maximum atomic E-state index is 12.9. The van der Waals surface area contributed by atoms with Gasteiger partial charge in [-0.3, -0.25) is 14.3 Å². The van der Waals surface area contributed by atoms with Crippen molar-refractivity contribution in [1.29, 1.82) is 0 Å². The van der Waals surface area contributed by atoms with E-state index in [0.29, 0.717) is 35.2 Å². The average Bonchev–Trinajstić information content (AvgIpc) is 3.53.